The first-order chi connectivity index (χ1) is 11.3. The number of amides is 1. The quantitative estimate of drug-likeness (QED) is 0.814. The number of rotatable bonds is 8. The van der Waals surface area contributed by atoms with Crippen molar-refractivity contribution in [1.29, 1.82) is 0 Å². The number of nitrogens with one attached hydrogen (secondary N) is 1. The molecule has 1 amide bonds. The van der Waals surface area contributed by atoms with Gasteiger partial charge in [0.1, 0.15) is 0 Å². The number of pyridine rings is 1. The summed E-state index contributed by atoms with van der Waals surface area (Å²) in [7, 11) is 1.52. The van der Waals surface area contributed by atoms with Crippen molar-refractivity contribution in [2.75, 3.05) is 13.7 Å². The SMILES string of the molecule is CCCOc1ncccc1CNC(=O)C(OC)c1ccccc1. The third kappa shape index (κ3) is 4.79. The van der Waals surface area contributed by atoms with E-state index in [-0.39, 0.29) is 5.91 Å². The number of benzene rings is 1. The molecule has 1 aromatic carbocycles. The lowest BCUT2D eigenvalue weighted by molar-refractivity contribution is -0.131. The second-order valence-corrected chi connectivity index (χ2v) is 5.06. The number of hydrogen-bond acceptors (Lipinski definition) is 4. The molecule has 0 saturated carbocycles. The minimum Gasteiger partial charge on any atom is -0.477 e. The van der Waals surface area contributed by atoms with E-state index < -0.39 is 6.10 Å². The number of methoxy groups -OCH3 is 1. The lowest BCUT2D eigenvalue weighted by atomic mass is 10.1. The Kier molecular flexibility index (Phi) is 6.56. The van der Waals surface area contributed by atoms with Crippen LogP contribution in [0.3, 0.4) is 0 Å². The maximum atomic E-state index is 12.4. The van der Waals surface area contributed by atoms with Gasteiger partial charge >= 0.3 is 0 Å². The van der Waals surface area contributed by atoms with Gasteiger partial charge in [-0.15, -0.1) is 0 Å². The Hall–Kier alpha value is -2.40. The zero-order valence-electron chi connectivity index (χ0n) is 13.5. The Balaban J connectivity index is 2.01. The summed E-state index contributed by atoms with van der Waals surface area (Å²) in [5.41, 5.74) is 1.67. The van der Waals surface area contributed by atoms with Crippen LogP contribution in [0.25, 0.3) is 0 Å². The van der Waals surface area contributed by atoms with Crippen LogP contribution < -0.4 is 10.1 Å². The van der Waals surface area contributed by atoms with Gasteiger partial charge in [-0.3, -0.25) is 4.79 Å². The van der Waals surface area contributed by atoms with Gasteiger partial charge in [-0.2, -0.15) is 0 Å². The largest absolute Gasteiger partial charge is 0.477 e. The molecule has 0 radical (unpaired) electrons. The molecule has 5 heteroatoms. The van der Waals surface area contributed by atoms with Crippen molar-refractivity contribution in [3.05, 3.63) is 59.8 Å². The van der Waals surface area contributed by atoms with Crippen LogP contribution in [0.4, 0.5) is 0 Å². The van der Waals surface area contributed by atoms with Crippen molar-refractivity contribution in [3.8, 4) is 5.88 Å². The summed E-state index contributed by atoms with van der Waals surface area (Å²) in [4.78, 5) is 16.6. The van der Waals surface area contributed by atoms with Gasteiger partial charge in [0.25, 0.3) is 5.91 Å². The highest BCUT2D eigenvalue weighted by atomic mass is 16.5. The molecule has 23 heavy (non-hydrogen) atoms. The molecule has 1 unspecified atom stereocenters. The fourth-order valence-electron chi connectivity index (χ4n) is 2.18. The van der Waals surface area contributed by atoms with Gasteiger partial charge in [0, 0.05) is 25.4 Å². The summed E-state index contributed by atoms with van der Waals surface area (Å²) in [5.74, 6) is 0.368. The molecule has 1 N–H and O–H groups in total. The van der Waals surface area contributed by atoms with Gasteiger partial charge < -0.3 is 14.8 Å². The molecule has 0 fully saturated rings. The van der Waals surface area contributed by atoms with Crippen molar-refractivity contribution in [1.82, 2.24) is 10.3 Å². The Bertz CT molecular complexity index is 617. The van der Waals surface area contributed by atoms with Crippen LogP contribution in [-0.2, 0) is 16.1 Å². The second-order valence-electron chi connectivity index (χ2n) is 5.06. The molecule has 0 aliphatic rings. The number of carbonyl (C=O) groups excluding carboxylic acids is 1. The van der Waals surface area contributed by atoms with Gasteiger partial charge in [0.05, 0.1) is 6.61 Å². The third-order valence-corrected chi connectivity index (χ3v) is 3.32. The Morgan fingerprint density at radius 1 is 1.22 bits per heavy atom. The predicted octanol–water partition coefficient (Wildman–Crippen LogP) is 2.87. The van der Waals surface area contributed by atoms with E-state index in [1.165, 1.54) is 7.11 Å². The van der Waals surface area contributed by atoms with Crippen molar-refractivity contribution in [3.63, 3.8) is 0 Å². The molecule has 0 aliphatic carbocycles. The lowest BCUT2D eigenvalue weighted by Gasteiger charge is -2.16. The van der Waals surface area contributed by atoms with Crippen molar-refractivity contribution in [2.45, 2.75) is 26.0 Å². The molecule has 1 aromatic heterocycles. The second kappa shape index (κ2) is 8.90. The van der Waals surface area contributed by atoms with Crippen molar-refractivity contribution >= 4 is 5.91 Å². The van der Waals surface area contributed by atoms with Crippen LogP contribution in [0.2, 0.25) is 0 Å². The number of nitrogens with zero attached hydrogens (tertiary/aromatic N) is 1. The monoisotopic (exact) mass is 314 g/mol. The summed E-state index contributed by atoms with van der Waals surface area (Å²) in [6, 6.07) is 13.1. The molecule has 122 valence electrons. The van der Waals surface area contributed by atoms with E-state index in [4.69, 9.17) is 9.47 Å². The zero-order valence-corrected chi connectivity index (χ0v) is 13.5. The van der Waals surface area contributed by atoms with E-state index in [0.717, 1.165) is 17.5 Å². The Labute approximate surface area is 136 Å². The molecule has 0 bridgehead atoms. The van der Waals surface area contributed by atoms with Crippen LogP contribution in [0.1, 0.15) is 30.6 Å². The number of carbonyl (C=O) groups is 1. The number of hydrogen-bond donors (Lipinski definition) is 1. The Morgan fingerprint density at radius 3 is 2.70 bits per heavy atom. The summed E-state index contributed by atoms with van der Waals surface area (Å²) in [5, 5.41) is 2.88. The molecule has 1 heterocycles. The minimum absolute atomic E-state index is 0.191. The van der Waals surface area contributed by atoms with E-state index in [1.54, 1.807) is 6.20 Å². The summed E-state index contributed by atoms with van der Waals surface area (Å²) in [6.45, 7) is 2.98. The molecular weight excluding hydrogens is 292 g/mol. The molecule has 5 nitrogen and oxygen atoms in total. The summed E-state index contributed by atoms with van der Waals surface area (Å²) < 4.78 is 10.9. The van der Waals surface area contributed by atoms with Crippen LogP contribution in [0.5, 0.6) is 5.88 Å². The summed E-state index contributed by atoms with van der Waals surface area (Å²) >= 11 is 0. The average molecular weight is 314 g/mol. The van der Waals surface area contributed by atoms with E-state index >= 15 is 0 Å². The fraction of sp³-hybridized carbons (Fsp3) is 0.333. The molecule has 2 aromatic rings. The number of ether oxygens (including phenoxy) is 2. The highest BCUT2D eigenvalue weighted by Gasteiger charge is 2.19. The standard InChI is InChI=1S/C18H22N2O3/c1-3-12-23-18-15(10-7-11-19-18)13-20-17(21)16(22-2)14-8-5-4-6-9-14/h4-11,16H,3,12-13H2,1-2H3,(H,20,21). The van der Waals surface area contributed by atoms with E-state index in [1.807, 2.05) is 49.4 Å². The Morgan fingerprint density at radius 2 is 2.00 bits per heavy atom. The average Bonchev–Trinajstić information content (AvgIpc) is 2.60. The third-order valence-electron chi connectivity index (χ3n) is 3.32. The minimum atomic E-state index is -0.632. The lowest BCUT2D eigenvalue weighted by Crippen LogP contribution is -2.30. The molecule has 0 saturated heterocycles. The molecule has 1 atom stereocenters. The van der Waals surface area contributed by atoms with Gasteiger partial charge in [-0.1, -0.05) is 43.3 Å². The van der Waals surface area contributed by atoms with Gasteiger partial charge in [-0.25, -0.2) is 4.98 Å². The maximum Gasteiger partial charge on any atom is 0.254 e. The maximum absolute atomic E-state index is 12.4. The molecular formula is C18H22N2O3. The first kappa shape index (κ1) is 17.0. The molecule has 2 rings (SSSR count). The molecule has 0 spiro atoms. The van der Waals surface area contributed by atoms with Crippen molar-refractivity contribution in [2.24, 2.45) is 0 Å². The van der Waals surface area contributed by atoms with Gasteiger partial charge in [0.2, 0.25) is 5.88 Å². The van der Waals surface area contributed by atoms with Crippen molar-refractivity contribution < 1.29 is 14.3 Å². The topological polar surface area (TPSA) is 60.5 Å². The van der Waals surface area contributed by atoms with Crippen LogP contribution in [0, 0.1) is 0 Å². The fourth-order valence-corrected chi connectivity index (χ4v) is 2.18. The molecule has 0 aliphatic heterocycles. The normalized spacial score (nSPS) is 11.7. The highest BCUT2D eigenvalue weighted by molar-refractivity contribution is 5.82. The zero-order chi connectivity index (χ0) is 16.5. The smallest absolute Gasteiger partial charge is 0.254 e. The van der Waals surface area contributed by atoms with Gasteiger partial charge in [-0.05, 0) is 18.1 Å². The van der Waals surface area contributed by atoms with Crippen LogP contribution >= 0.6 is 0 Å². The van der Waals surface area contributed by atoms with E-state index in [9.17, 15) is 4.79 Å². The first-order valence-electron chi connectivity index (χ1n) is 7.68. The van der Waals surface area contributed by atoms with E-state index in [2.05, 4.69) is 10.3 Å². The van der Waals surface area contributed by atoms with Gasteiger partial charge in [0.15, 0.2) is 6.10 Å². The van der Waals surface area contributed by atoms with Crippen LogP contribution in [-0.4, -0.2) is 24.6 Å². The first-order valence-corrected chi connectivity index (χ1v) is 7.68. The summed E-state index contributed by atoms with van der Waals surface area (Å²) in [6.07, 6.45) is 1.95. The number of aromatic nitrogens is 1. The highest BCUT2D eigenvalue weighted by Crippen LogP contribution is 2.18. The van der Waals surface area contributed by atoms with Crippen LogP contribution in [0.15, 0.2) is 48.7 Å². The van der Waals surface area contributed by atoms with E-state index in [0.29, 0.717) is 19.0 Å². The predicted molar refractivity (Wildman–Crippen MR) is 88.1 cm³/mol.